The van der Waals surface area contributed by atoms with Crippen molar-refractivity contribution in [3.05, 3.63) is 59.9 Å². The first-order valence-electron chi connectivity index (χ1n) is 7.73. The van der Waals surface area contributed by atoms with Crippen molar-refractivity contribution in [2.75, 3.05) is 10.6 Å². The van der Waals surface area contributed by atoms with Crippen molar-refractivity contribution in [3.8, 4) is 0 Å². The lowest BCUT2D eigenvalue weighted by molar-refractivity contribution is 0.0940. The molecule has 0 aromatic heterocycles. The van der Waals surface area contributed by atoms with Crippen molar-refractivity contribution >= 4 is 34.6 Å². The minimum absolute atomic E-state index is 0.0925. The van der Waals surface area contributed by atoms with Gasteiger partial charge in [-0.05, 0) is 62.0 Å². The van der Waals surface area contributed by atoms with Gasteiger partial charge in [-0.25, -0.2) is 4.39 Å². The predicted octanol–water partition coefficient (Wildman–Crippen LogP) is 4.16. The maximum atomic E-state index is 12.9. The third-order valence-corrected chi connectivity index (χ3v) is 3.72. The topological polar surface area (TPSA) is 53.2 Å². The molecule has 0 unspecified atom stereocenters. The van der Waals surface area contributed by atoms with Crippen molar-refractivity contribution in [1.82, 2.24) is 5.32 Å². The first-order valence-corrected chi connectivity index (χ1v) is 8.14. The van der Waals surface area contributed by atoms with Gasteiger partial charge in [-0.3, -0.25) is 4.79 Å². The fourth-order valence-corrected chi connectivity index (χ4v) is 2.24. The zero-order valence-corrected chi connectivity index (χ0v) is 14.4. The lowest BCUT2D eigenvalue weighted by Gasteiger charge is -2.16. The van der Waals surface area contributed by atoms with Crippen LogP contribution in [-0.2, 0) is 0 Å². The lowest BCUT2D eigenvalue weighted by atomic mass is 10.1. The molecule has 2 rings (SSSR count). The Hall–Kier alpha value is -2.47. The predicted molar refractivity (Wildman–Crippen MR) is 99.9 cm³/mol. The molecular formula is C18H20FN3OS. The van der Waals surface area contributed by atoms with Crippen LogP contribution in [0.5, 0.6) is 0 Å². The van der Waals surface area contributed by atoms with E-state index in [1.165, 1.54) is 12.1 Å². The second-order valence-electron chi connectivity index (χ2n) is 5.41. The Morgan fingerprint density at radius 3 is 2.46 bits per heavy atom. The van der Waals surface area contributed by atoms with Gasteiger partial charge in [-0.1, -0.05) is 19.1 Å². The summed E-state index contributed by atoms with van der Waals surface area (Å²) in [7, 11) is 0. The van der Waals surface area contributed by atoms with Crippen LogP contribution in [-0.4, -0.2) is 17.1 Å². The molecule has 0 saturated carbocycles. The zero-order chi connectivity index (χ0) is 17.5. The highest BCUT2D eigenvalue weighted by atomic mass is 32.1. The smallest absolute Gasteiger partial charge is 0.253 e. The van der Waals surface area contributed by atoms with E-state index < -0.39 is 0 Å². The molecule has 1 amide bonds. The van der Waals surface area contributed by atoms with Crippen LogP contribution in [0.15, 0.2) is 48.5 Å². The third-order valence-electron chi connectivity index (χ3n) is 3.51. The van der Waals surface area contributed by atoms with E-state index in [9.17, 15) is 9.18 Å². The quantitative estimate of drug-likeness (QED) is 0.712. The number of para-hydroxylation sites is 1. The van der Waals surface area contributed by atoms with Gasteiger partial charge in [-0.15, -0.1) is 0 Å². The lowest BCUT2D eigenvalue weighted by Crippen LogP contribution is -2.32. The van der Waals surface area contributed by atoms with Crippen LogP contribution in [0.3, 0.4) is 0 Å². The maximum absolute atomic E-state index is 12.9. The van der Waals surface area contributed by atoms with Crippen LogP contribution in [0.1, 0.15) is 30.6 Å². The fraction of sp³-hybridized carbons (Fsp3) is 0.222. The Balaban J connectivity index is 2.07. The Kier molecular flexibility index (Phi) is 6.26. The molecule has 0 aliphatic heterocycles. The Labute approximate surface area is 146 Å². The van der Waals surface area contributed by atoms with Crippen molar-refractivity contribution < 1.29 is 9.18 Å². The normalized spacial score (nSPS) is 11.5. The number of amides is 1. The molecule has 0 aliphatic rings. The summed E-state index contributed by atoms with van der Waals surface area (Å²) in [6.45, 7) is 3.96. The highest BCUT2D eigenvalue weighted by Gasteiger charge is 2.13. The number of thiocarbonyl (C=S) groups is 1. The molecule has 0 bridgehead atoms. The summed E-state index contributed by atoms with van der Waals surface area (Å²) in [5.41, 5.74) is 1.79. The standard InChI is InChI=1S/C18H20FN3OS/c1-3-12(2)20-17(23)15-6-4-5-7-16(15)22-18(24)21-14-10-8-13(19)9-11-14/h4-12H,3H2,1-2H3,(H,20,23)(H2,21,22,24)/t12-/m0/s1. The second-order valence-corrected chi connectivity index (χ2v) is 5.82. The average molecular weight is 345 g/mol. The van der Waals surface area contributed by atoms with Crippen molar-refractivity contribution in [3.63, 3.8) is 0 Å². The number of hydrogen-bond acceptors (Lipinski definition) is 2. The second kappa shape index (κ2) is 8.40. The van der Waals surface area contributed by atoms with Gasteiger partial charge in [0.1, 0.15) is 5.82 Å². The van der Waals surface area contributed by atoms with E-state index in [1.54, 1.807) is 30.3 Å². The number of benzene rings is 2. The van der Waals surface area contributed by atoms with Crippen molar-refractivity contribution in [1.29, 1.82) is 0 Å². The van der Waals surface area contributed by atoms with Gasteiger partial charge in [0.2, 0.25) is 0 Å². The van der Waals surface area contributed by atoms with Gasteiger partial charge in [-0.2, -0.15) is 0 Å². The first-order chi connectivity index (χ1) is 11.5. The molecule has 0 spiro atoms. The van der Waals surface area contributed by atoms with Crippen LogP contribution in [0, 0.1) is 5.82 Å². The molecule has 24 heavy (non-hydrogen) atoms. The van der Waals surface area contributed by atoms with Crippen LogP contribution < -0.4 is 16.0 Å². The molecule has 3 N–H and O–H groups in total. The summed E-state index contributed by atoms with van der Waals surface area (Å²) in [4.78, 5) is 12.4. The summed E-state index contributed by atoms with van der Waals surface area (Å²) in [6, 6.07) is 13.1. The van der Waals surface area contributed by atoms with Crippen LogP contribution in [0.25, 0.3) is 0 Å². The summed E-state index contributed by atoms with van der Waals surface area (Å²) < 4.78 is 12.9. The van der Waals surface area contributed by atoms with Gasteiger partial charge in [0, 0.05) is 11.7 Å². The summed E-state index contributed by atoms with van der Waals surface area (Å²) in [6.07, 6.45) is 0.853. The first kappa shape index (κ1) is 17.9. The van der Waals surface area contributed by atoms with E-state index in [-0.39, 0.29) is 17.8 Å². The molecule has 0 heterocycles. The van der Waals surface area contributed by atoms with E-state index in [4.69, 9.17) is 12.2 Å². The molecule has 1 atom stereocenters. The molecule has 0 aliphatic carbocycles. The molecule has 0 radical (unpaired) electrons. The van der Waals surface area contributed by atoms with Crippen LogP contribution in [0.4, 0.5) is 15.8 Å². The van der Waals surface area contributed by atoms with Gasteiger partial charge in [0.15, 0.2) is 5.11 Å². The molecule has 2 aromatic rings. The molecule has 2 aromatic carbocycles. The van der Waals surface area contributed by atoms with E-state index in [0.717, 1.165) is 6.42 Å². The largest absolute Gasteiger partial charge is 0.350 e. The van der Waals surface area contributed by atoms with E-state index in [1.807, 2.05) is 19.9 Å². The number of rotatable bonds is 5. The molecule has 4 nitrogen and oxygen atoms in total. The fourth-order valence-electron chi connectivity index (χ4n) is 2.01. The SMILES string of the molecule is CC[C@H](C)NC(=O)c1ccccc1NC(=S)Nc1ccc(F)cc1. The highest BCUT2D eigenvalue weighted by molar-refractivity contribution is 7.80. The third kappa shape index (κ3) is 5.03. The molecule has 126 valence electrons. The van der Waals surface area contributed by atoms with E-state index in [2.05, 4.69) is 16.0 Å². The zero-order valence-electron chi connectivity index (χ0n) is 13.6. The number of nitrogens with one attached hydrogen (secondary N) is 3. The number of carbonyl (C=O) groups excluding carboxylic acids is 1. The van der Waals surface area contributed by atoms with Gasteiger partial charge in [0.25, 0.3) is 5.91 Å². The van der Waals surface area contributed by atoms with Crippen molar-refractivity contribution in [2.24, 2.45) is 0 Å². The van der Waals surface area contributed by atoms with Crippen LogP contribution in [0.2, 0.25) is 0 Å². The molecule has 0 fully saturated rings. The minimum atomic E-state index is -0.313. The van der Waals surface area contributed by atoms with Gasteiger partial charge < -0.3 is 16.0 Å². The number of halogens is 1. The van der Waals surface area contributed by atoms with Crippen LogP contribution >= 0.6 is 12.2 Å². The number of anilines is 2. The summed E-state index contributed by atoms with van der Waals surface area (Å²) >= 11 is 5.26. The molecule has 6 heteroatoms. The Morgan fingerprint density at radius 1 is 1.12 bits per heavy atom. The Bertz CT molecular complexity index is 718. The summed E-state index contributed by atoms with van der Waals surface area (Å²) in [5.74, 6) is -0.469. The highest BCUT2D eigenvalue weighted by Crippen LogP contribution is 2.16. The number of carbonyl (C=O) groups is 1. The molecular weight excluding hydrogens is 325 g/mol. The van der Waals surface area contributed by atoms with Crippen molar-refractivity contribution in [2.45, 2.75) is 26.3 Å². The van der Waals surface area contributed by atoms with Gasteiger partial charge >= 0.3 is 0 Å². The molecule has 0 saturated heterocycles. The minimum Gasteiger partial charge on any atom is -0.350 e. The van der Waals surface area contributed by atoms with Gasteiger partial charge in [0.05, 0.1) is 11.3 Å². The van der Waals surface area contributed by atoms with E-state index in [0.29, 0.717) is 22.1 Å². The summed E-state index contributed by atoms with van der Waals surface area (Å²) in [5, 5.41) is 9.22. The monoisotopic (exact) mass is 345 g/mol. The maximum Gasteiger partial charge on any atom is 0.253 e. The average Bonchev–Trinajstić information content (AvgIpc) is 2.57. The Morgan fingerprint density at radius 2 is 1.79 bits per heavy atom. The van der Waals surface area contributed by atoms with E-state index >= 15 is 0 Å². The number of hydrogen-bond donors (Lipinski definition) is 3.